The number of rotatable bonds is 15. The molecule has 2 aromatic heterocycles. The third kappa shape index (κ3) is 9.84. The molecule has 6 aromatic rings. The van der Waals surface area contributed by atoms with Crippen LogP contribution >= 0.6 is 0 Å². The normalized spacial score (nSPS) is 11.6. The molecule has 4 N–H and O–H groups in total. The second-order valence-electron chi connectivity index (χ2n) is 12.3. The number of aromatic nitrogens is 4. The monoisotopic (exact) mass is 759 g/mol. The van der Waals surface area contributed by atoms with Crippen LogP contribution in [0.1, 0.15) is 27.9 Å². The van der Waals surface area contributed by atoms with Crippen molar-refractivity contribution in [1.82, 2.24) is 25.1 Å². The quantitative estimate of drug-likeness (QED) is 0.0920. The third-order valence-electron chi connectivity index (χ3n) is 7.56. The van der Waals surface area contributed by atoms with Crippen molar-refractivity contribution in [1.29, 1.82) is 0 Å². The van der Waals surface area contributed by atoms with Gasteiger partial charge in [0.1, 0.15) is 17.2 Å². The number of H-pyrrole nitrogens is 1. The Bertz CT molecular complexity index is 2480. The first-order valence-electron chi connectivity index (χ1n) is 16.3. The van der Waals surface area contributed by atoms with Gasteiger partial charge in [0.2, 0.25) is 31.4 Å². The van der Waals surface area contributed by atoms with Gasteiger partial charge in [-0.3, -0.25) is 19.3 Å². The molecule has 2 heterocycles. The summed E-state index contributed by atoms with van der Waals surface area (Å²) in [7, 11) is -6.98. The molecule has 0 aliphatic rings. The molecular weight excluding hydrogens is 723 g/mol. The van der Waals surface area contributed by atoms with Gasteiger partial charge < -0.3 is 19.5 Å². The molecule has 276 valence electrons. The SMILES string of the molecule is Cc1ccc(OCCCNC(=O)c2ccc(Oc3c(Oc4cccc(NS(C)(=O)=O)c4)nn4[nH]c(-c5ccc(NS(C)(=O)=O)cc5)nc34)cc2)c(C)c1. The van der Waals surface area contributed by atoms with Gasteiger partial charge in [-0.2, -0.15) is 0 Å². The fraction of sp³-hybridized carbons (Fsp3) is 0.194. The Balaban J connectivity index is 1.18. The lowest BCUT2D eigenvalue weighted by Gasteiger charge is -2.11. The largest absolute Gasteiger partial charge is 0.493 e. The molecule has 0 spiro atoms. The van der Waals surface area contributed by atoms with E-state index in [-0.39, 0.29) is 34.6 Å². The molecule has 0 bridgehead atoms. The summed E-state index contributed by atoms with van der Waals surface area (Å²) < 4.78 is 71.2. The summed E-state index contributed by atoms with van der Waals surface area (Å²) in [5, 5.41) is 10.5. The van der Waals surface area contributed by atoms with E-state index in [1.54, 1.807) is 66.7 Å². The zero-order valence-corrected chi connectivity index (χ0v) is 30.8. The number of hydrogen-bond donors (Lipinski definition) is 4. The number of nitrogens with zero attached hydrogens (tertiary/aromatic N) is 3. The molecule has 1 amide bonds. The molecule has 0 unspecified atom stereocenters. The van der Waals surface area contributed by atoms with Crippen LogP contribution in [0.4, 0.5) is 11.4 Å². The van der Waals surface area contributed by atoms with Gasteiger partial charge >= 0.3 is 0 Å². The number of anilines is 2. The van der Waals surface area contributed by atoms with E-state index in [9.17, 15) is 21.6 Å². The van der Waals surface area contributed by atoms with Gasteiger partial charge in [0, 0.05) is 29.4 Å². The molecule has 0 saturated heterocycles. The standard InChI is InChI=1S/C36H37N7O8S2/c1-23-9-18-31(24(2)21-23)49-20-6-19-37-35(44)26-12-16-29(17-13-26)50-32-34-38-33(25-10-14-27(15-11-25)41-52(3,45)46)39-43(34)40-36(32)51-30-8-5-7-28(22-30)42-53(4,47)48/h5,7-18,21-22,41-42H,6,19-20H2,1-4H3,(H,37,44)(H,38,39). The van der Waals surface area contributed by atoms with Crippen LogP contribution in [0.5, 0.6) is 28.9 Å². The van der Waals surface area contributed by atoms with Gasteiger partial charge in [-0.1, -0.05) is 23.8 Å². The van der Waals surface area contributed by atoms with E-state index in [2.05, 4.69) is 36.0 Å². The molecule has 53 heavy (non-hydrogen) atoms. The Morgan fingerprint density at radius 2 is 1.53 bits per heavy atom. The molecule has 17 heteroatoms. The third-order valence-corrected chi connectivity index (χ3v) is 8.78. The lowest BCUT2D eigenvalue weighted by Crippen LogP contribution is -2.25. The van der Waals surface area contributed by atoms with Crippen LogP contribution in [0, 0.1) is 13.8 Å². The highest BCUT2D eigenvalue weighted by molar-refractivity contribution is 7.92. The van der Waals surface area contributed by atoms with E-state index in [0.29, 0.717) is 48.0 Å². The number of hydrogen-bond acceptors (Lipinski definition) is 10. The van der Waals surface area contributed by atoms with E-state index in [4.69, 9.17) is 14.2 Å². The Labute approximate surface area is 306 Å². The van der Waals surface area contributed by atoms with E-state index in [1.807, 2.05) is 26.0 Å². The van der Waals surface area contributed by atoms with Crippen molar-refractivity contribution in [2.45, 2.75) is 20.3 Å². The number of nitrogens with one attached hydrogen (secondary N) is 4. The summed E-state index contributed by atoms with van der Waals surface area (Å²) in [4.78, 5) is 17.5. The average molecular weight is 760 g/mol. The van der Waals surface area contributed by atoms with Gasteiger partial charge in [-0.25, -0.2) is 21.8 Å². The second kappa shape index (κ2) is 15.3. The van der Waals surface area contributed by atoms with Crippen LogP contribution in [0.25, 0.3) is 17.0 Å². The van der Waals surface area contributed by atoms with Crippen LogP contribution < -0.4 is 29.0 Å². The molecule has 6 rings (SSSR count). The first-order valence-corrected chi connectivity index (χ1v) is 20.1. The van der Waals surface area contributed by atoms with Gasteiger partial charge in [0.25, 0.3) is 11.8 Å². The minimum absolute atomic E-state index is 0.0179. The van der Waals surface area contributed by atoms with Crippen molar-refractivity contribution in [3.8, 4) is 40.3 Å². The van der Waals surface area contributed by atoms with E-state index < -0.39 is 20.0 Å². The minimum Gasteiger partial charge on any atom is -0.493 e. The zero-order valence-electron chi connectivity index (χ0n) is 29.2. The molecule has 0 atom stereocenters. The lowest BCUT2D eigenvalue weighted by molar-refractivity contribution is 0.0951. The zero-order chi connectivity index (χ0) is 37.8. The van der Waals surface area contributed by atoms with Crippen molar-refractivity contribution in [3.63, 3.8) is 0 Å². The highest BCUT2D eigenvalue weighted by atomic mass is 32.2. The average Bonchev–Trinajstić information content (AvgIpc) is 3.63. The number of sulfonamides is 2. The van der Waals surface area contributed by atoms with Gasteiger partial charge in [-0.15, -0.1) is 9.73 Å². The van der Waals surface area contributed by atoms with Crippen molar-refractivity contribution in [3.05, 3.63) is 108 Å². The molecule has 15 nitrogen and oxygen atoms in total. The van der Waals surface area contributed by atoms with Crippen molar-refractivity contribution < 1.29 is 35.8 Å². The molecule has 0 saturated carbocycles. The summed E-state index contributed by atoms with van der Waals surface area (Å²) in [6.07, 6.45) is 2.74. The van der Waals surface area contributed by atoms with Crippen LogP contribution in [-0.2, 0) is 20.0 Å². The highest BCUT2D eigenvalue weighted by Gasteiger charge is 2.23. The molecule has 0 radical (unpaired) electrons. The molecule has 0 fully saturated rings. The van der Waals surface area contributed by atoms with Crippen LogP contribution in [0.2, 0.25) is 0 Å². The maximum Gasteiger partial charge on any atom is 0.286 e. The van der Waals surface area contributed by atoms with Crippen molar-refractivity contribution >= 4 is 43.0 Å². The number of aromatic amines is 1. The number of carbonyl (C=O) groups excluding carboxylic acids is 1. The first-order chi connectivity index (χ1) is 25.2. The Kier molecular flexibility index (Phi) is 10.6. The number of amides is 1. The number of ether oxygens (including phenoxy) is 3. The maximum atomic E-state index is 12.9. The highest BCUT2D eigenvalue weighted by Crippen LogP contribution is 2.38. The van der Waals surface area contributed by atoms with E-state index in [0.717, 1.165) is 23.8 Å². The van der Waals surface area contributed by atoms with E-state index in [1.165, 1.54) is 16.3 Å². The van der Waals surface area contributed by atoms with Crippen LogP contribution in [-0.4, -0.2) is 68.2 Å². The number of carbonyl (C=O) groups is 1. The second-order valence-corrected chi connectivity index (χ2v) is 15.7. The van der Waals surface area contributed by atoms with Crippen LogP contribution in [0.15, 0.2) is 91.0 Å². The smallest absolute Gasteiger partial charge is 0.286 e. The fourth-order valence-corrected chi connectivity index (χ4v) is 6.36. The van der Waals surface area contributed by atoms with Crippen LogP contribution in [0.3, 0.4) is 0 Å². The number of benzene rings is 4. The Morgan fingerprint density at radius 3 is 2.23 bits per heavy atom. The Hall–Kier alpha value is -6.07. The van der Waals surface area contributed by atoms with Gasteiger partial charge in [0.05, 0.1) is 24.8 Å². The Morgan fingerprint density at radius 1 is 0.811 bits per heavy atom. The summed E-state index contributed by atoms with van der Waals surface area (Å²) in [5.41, 5.74) is 4.22. The summed E-state index contributed by atoms with van der Waals surface area (Å²) in [6, 6.07) is 25.4. The first kappa shape index (κ1) is 36.7. The summed E-state index contributed by atoms with van der Waals surface area (Å²) in [6.45, 7) is 4.91. The maximum absolute atomic E-state index is 12.9. The molecular formula is C36H37N7O8S2. The summed E-state index contributed by atoms with van der Waals surface area (Å²) in [5.74, 6) is 1.75. The minimum atomic E-state index is -3.53. The van der Waals surface area contributed by atoms with Gasteiger partial charge in [-0.05, 0) is 92.6 Å². The molecule has 4 aromatic carbocycles. The van der Waals surface area contributed by atoms with Gasteiger partial charge in [0.15, 0.2) is 5.82 Å². The summed E-state index contributed by atoms with van der Waals surface area (Å²) >= 11 is 0. The van der Waals surface area contributed by atoms with Crippen molar-refractivity contribution in [2.24, 2.45) is 0 Å². The number of fused-ring (bicyclic) bond motifs is 1. The topological polar surface area (TPSA) is 195 Å². The predicted molar refractivity (Wildman–Crippen MR) is 201 cm³/mol. The predicted octanol–water partition coefficient (Wildman–Crippen LogP) is 5.87. The number of aryl methyl sites for hydroxylation is 2. The molecule has 0 aliphatic carbocycles. The fourth-order valence-electron chi connectivity index (χ4n) is 5.24. The molecule has 0 aliphatic heterocycles. The lowest BCUT2D eigenvalue weighted by atomic mass is 10.1. The van der Waals surface area contributed by atoms with E-state index >= 15 is 0 Å². The van der Waals surface area contributed by atoms with Crippen molar-refractivity contribution in [2.75, 3.05) is 35.1 Å².